The zero-order valence-corrected chi connectivity index (χ0v) is 22.4. The van der Waals surface area contributed by atoms with E-state index >= 15 is 0 Å². The molecule has 0 unspecified atom stereocenters. The van der Waals surface area contributed by atoms with Crippen LogP contribution in [0.4, 0.5) is 22.0 Å². The van der Waals surface area contributed by atoms with Crippen LogP contribution < -0.4 is 9.47 Å². The normalized spacial score (nSPS) is 30.2. The van der Waals surface area contributed by atoms with Crippen molar-refractivity contribution >= 4 is 0 Å². The predicted molar refractivity (Wildman–Crippen MR) is 137 cm³/mol. The molecule has 1 heterocycles. The van der Waals surface area contributed by atoms with Gasteiger partial charge in [0.25, 0.3) is 0 Å². The lowest BCUT2D eigenvalue weighted by atomic mass is 9.78. The van der Waals surface area contributed by atoms with E-state index in [2.05, 4.69) is 23.8 Å². The minimum Gasteiger partial charge on any atom is -0.456 e. The summed E-state index contributed by atoms with van der Waals surface area (Å²) in [5.74, 6) is -1.21. The first kappa shape index (κ1) is 29.8. The first-order valence-electron chi connectivity index (χ1n) is 14.2. The first-order valence-corrected chi connectivity index (χ1v) is 14.2. The Balaban J connectivity index is 1.18. The molecule has 9 heteroatoms. The maximum atomic E-state index is 14.8. The van der Waals surface area contributed by atoms with Gasteiger partial charge in [0.05, 0.1) is 19.1 Å². The monoisotopic (exact) mass is 558 g/mol. The van der Waals surface area contributed by atoms with Gasteiger partial charge >= 0.3 is 12.2 Å². The first-order chi connectivity index (χ1) is 18.7. The third kappa shape index (κ3) is 8.68. The molecule has 0 aromatic heterocycles. The molecule has 0 spiro atoms. The Hall–Kier alpha value is -2.13. The summed E-state index contributed by atoms with van der Waals surface area (Å²) in [6, 6.07) is 2.77. The van der Waals surface area contributed by atoms with Crippen LogP contribution in [0, 0.1) is 35.4 Å². The topological polar surface area (TPSA) is 36.9 Å². The van der Waals surface area contributed by atoms with E-state index in [9.17, 15) is 22.0 Å². The number of halogens is 5. The minimum absolute atomic E-state index is 0.0759. The Bertz CT molecular complexity index is 956. The second kappa shape index (κ2) is 14.0. The fourth-order valence-electron chi connectivity index (χ4n) is 5.97. The maximum Gasteiger partial charge on any atom is 0.400 e. The Kier molecular flexibility index (Phi) is 10.7. The summed E-state index contributed by atoms with van der Waals surface area (Å²) >= 11 is 0. The van der Waals surface area contributed by atoms with Gasteiger partial charge in [0, 0.05) is 17.9 Å². The Morgan fingerprint density at radius 1 is 0.949 bits per heavy atom. The van der Waals surface area contributed by atoms with E-state index in [1.165, 1.54) is 0 Å². The highest BCUT2D eigenvalue weighted by atomic mass is 19.3. The molecule has 1 aromatic carbocycles. The van der Waals surface area contributed by atoms with E-state index in [1.807, 2.05) is 0 Å². The van der Waals surface area contributed by atoms with Crippen molar-refractivity contribution in [1.29, 1.82) is 0 Å². The number of allylic oxidation sites excluding steroid dienone is 2. The quantitative estimate of drug-likeness (QED) is 0.163. The third-order valence-electron chi connectivity index (χ3n) is 8.23. The molecule has 0 radical (unpaired) electrons. The molecule has 1 saturated heterocycles. The summed E-state index contributed by atoms with van der Waals surface area (Å²) in [7, 11) is 0. The van der Waals surface area contributed by atoms with Gasteiger partial charge in [-0.1, -0.05) is 25.5 Å². The van der Waals surface area contributed by atoms with Crippen molar-refractivity contribution in [3.63, 3.8) is 0 Å². The van der Waals surface area contributed by atoms with Gasteiger partial charge in [-0.05, 0) is 81.8 Å². The maximum absolute atomic E-state index is 14.8. The highest BCUT2D eigenvalue weighted by Gasteiger charge is 2.44. The van der Waals surface area contributed by atoms with Crippen LogP contribution >= 0.6 is 0 Å². The molecule has 4 rings (SSSR count). The van der Waals surface area contributed by atoms with Crippen LogP contribution in [0.15, 0.2) is 42.7 Å². The van der Waals surface area contributed by atoms with Crippen LogP contribution in [0.2, 0.25) is 0 Å². The number of rotatable bonds is 10. The average Bonchev–Trinajstić information content (AvgIpc) is 2.92. The molecule has 0 bridgehead atoms. The summed E-state index contributed by atoms with van der Waals surface area (Å²) in [5, 5.41) is 0. The number of ether oxygens (including phenoxy) is 4. The van der Waals surface area contributed by atoms with Crippen molar-refractivity contribution in [3.8, 4) is 11.5 Å². The highest BCUT2D eigenvalue weighted by Crippen LogP contribution is 2.41. The molecule has 0 atom stereocenters. The Morgan fingerprint density at radius 2 is 1.56 bits per heavy atom. The second-order valence-electron chi connectivity index (χ2n) is 11.1. The van der Waals surface area contributed by atoms with Gasteiger partial charge in [-0.3, -0.25) is 0 Å². The molecular formula is C30H39F5O4. The number of alkyl halides is 2. The van der Waals surface area contributed by atoms with Gasteiger partial charge in [0.1, 0.15) is 5.75 Å². The van der Waals surface area contributed by atoms with E-state index < -0.39 is 29.7 Å². The summed E-state index contributed by atoms with van der Waals surface area (Å²) in [5.41, 5.74) is 0. The summed E-state index contributed by atoms with van der Waals surface area (Å²) in [6.07, 6.45) is 7.36. The SMILES string of the molecule is CCCC1COC(C2CCC(/C=C/C3CCC(C(F)(F)Oc4ccc(OC=C(F)F)c(F)c4)CC3)CC2)OC1. The van der Waals surface area contributed by atoms with Gasteiger partial charge in [-0.2, -0.15) is 17.6 Å². The van der Waals surface area contributed by atoms with Gasteiger partial charge in [0.15, 0.2) is 24.1 Å². The lowest BCUT2D eigenvalue weighted by Crippen LogP contribution is -2.38. The highest BCUT2D eigenvalue weighted by molar-refractivity contribution is 5.33. The minimum atomic E-state index is -3.47. The van der Waals surface area contributed by atoms with Crippen LogP contribution in [0.3, 0.4) is 0 Å². The Labute approximate surface area is 227 Å². The molecule has 1 aromatic rings. The van der Waals surface area contributed by atoms with Crippen LogP contribution in [0.5, 0.6) is 11.5 Å². The van der Waals surface area contributed by atoms with Gasteiger partial charge in [-0.25, -0.2) is 4.39 Å². The largest absolute Gasteiger partial charge is 0.456 e. The molecule has 39 heavy (non-hydrogen) atoms. The fourth-order valence-corrected chi connectivity index (χ4v) is 5.97. The smallest absolute Gasteiger partial charge is 0.400 e. The molecule has 2 aliphatic carbocycles. The van der Waals surface area contributed by atoms with Gasteiger partial charge in [-0.15, -0.1) is 0 Å². The lowest BCUT2D eigenvalue weighted by molar-refractivity contribution is -0.229. The molecule has 0 N–H and O–H groups in total. The van der Waals surface area contributed by atoms with Crippen molar-refractivity contribution in [2.75, 3.05) is 13.2 Å². The average molecular weight is 559 g/mol. The second-order valence-corrected chi connectivity index (χ2v) is 11.1. The summed E-state index contributed by atoms with van der Waals surface area (Å²) < 4.78 is 89.2. The zero-order valence-electron chi connectivity index (χ0n) is 22.4. The molecule has 1 aliphatic heterocycles. The van der Waals surface area contributed by atoms with Gasteiger partial charge < -0.3 is 18.9 Å². The number of hydrogen-bond acceptors (Lipinski definition) is 4. The van der Waals surface area contributed by atoms with Crippen molar-refractivity contribution in [1.82, 2.24) is 0 Å². The van der Waals surface area contributed by atoms with E-state index in [-0.39, 0.29) is 24.2 Å². The van der Waals surface area contributed by atoms with Crippen LogP contribution in [0.25, 0.3) is 0 Å². The standard InChI is InChI=1S/C30H39F5O4/c1-2-3-22-17-37-29(38-18-22)23-10-6-20(7-11-23)4-5-21-8-12-24(13-9-21)30(34,35)39-25-14-15-27(26(31)16-25)36-19-28(32)33/h4-5,14-16,19-24,29H,2-3,6-13,17-18H2,1H3/b5-4+. The van der Waals surface area contributed by atoms with Crippen LogP contribution in [-0.4, -0.2) is 25.6 Å². The van der Waals surface area contributed by atoms with Crippen molar-refractivity contribution < 1.29 is 40.9 Å². The van der Waals surface area contributed by atoms with E-state index in [4.69, 9.17) is 14.2 Å². The molecule has 3 fully saturated rings. The van der Waals surface area contributed by atoms with E-state index in [0.717, 1.165) is 63.9 Å². The molecular weight excluding hydrogens is 519 g/mol. The molecule has 3 aliphatic rings. The Morgan fingerprint density at radius 3 is 2.13 bits per heavy atom. The van der Waals surface area contributed by atoms with Crippen LogP contribution in [-0.2, 0) is 9.47 Å². The summed E-state index contributed by atoms with van der Waals surface area (Å²) in [6.45, 7) is 3.78. The van der Waals surface area contributed by atoms with Gasteiger partial charge in [0.2, 0.25) is 0 Å². The summed E-state index contributed by atoms with van der Waals surface area (Å²) in [4.78, 5) is 0. The van der Waals surface area contributed by atoms with E-state index in [0.29, 0.717) is 49.5 Å². The van der Waals surface area contributed by atoms with Crippen molar-refractivity contribution in [2.45, 2.75) is 83.5 Å². The number of benzene rings is 1. The molecule has 0 amide bonds. The van der Waals surface area contributed by atoms with Crippen LogP contribution in [0.1, 0.15) is 71.1 Å². The predicted octanol–water partition coefficient (Wildman–Crippen LogP) is 8.87. The molecule has 4 nitrogen and oxygen atoms in total. The van der Waals surface area contributed by atoms with E-state index in [1.54, 1.807) is 0 Å². The number of hydrogen-bond donors (Lipinski definition) is 0. The third-order valence-corrected chi connectivity index (χ3v) is 8.23. The lowest BCUT2D eigenvalue weighted by Gasteiger charge is -2.37. The zero-order chi connectivity index (χ0) is 27.8. The fraction of sp³-hybridized carbons (Fsp3) is 0.667. The molecule has 218 valence electrons. The van der Waals surface area contributed by atoms with Crippen molar-refractivity contribution in [2.24, 2.45) is 29.6 Å². The van der Waals surface area contributed by atoms with Crippen molar-refractivity contribution in [3.05, 3.63) is 48.5 Å². The molecule has 2 saturated carbocycles.